The number of para-hydroxylation sites is 1. The number of aliphatic carboxylic acids is 1. The van der Waals surface area contributed by atoms with Crippen molar-refractivity contribution >= 4 is 22.8 Å². The molecule has 2 aromatic rings. The lowest BCUT2D eigenvalue weighted by Gasteiger charge is -2.27. The topological polar surface area (TPSA) is 91.4 Å². The van der Waals surface area contributed by atoms with Crippen molar-refractivity contribution < 1.29 is 19.4 Å². The summed E-state index contributed by atoms with van der Waals surface area (Å²) in [6, 6.07) is 6.00. The van der Waals surface area contributed by atoms with E-state index in [2.05, 4.69) is 10.3 Å². The molecule has 20 heavy (non-hydrogen) atoms. The molecule has 2 atom stereocenters. The number of hydrogen-bond donors (Lipinski definition) is 3. The number of carbonyl (C=O) groups excluding carboxylic acids is 1. The third kappa shape index (κ3) is 1.85. The number of carbonyl (C=O) groups is 2. The van der Waals surface area contributed by atoms with Crippen LogP contribution in [0.2, 0.25) is 0 Å². The minimum atomic E-state index is -1.02. The molecule has 1 aliphatic heterocycles. The summed E-state index contributed by atoms with van der Waals surface area (Å²) in [6.45, 7) is 0. The molecule has 3 rings (SSSR count). The van der Waals surface area contributed by atoms with Gasteiger partial charge < -0.3 is 14.8 Å². The van der Waals surface area contributed by atoms with Gasteiger partial charge in [0, 0.05) is 23.0 Å². The van der Waals surface area contributed by atoms with E-state index < -0.39 is 24.0 Å². The highest BCUT2D eigenvalue weighted by atomic mass is 16.5. The summed E-state index contributed by atoms with van der Waals surface area (Å²) >= 11 is 0. The zero-order valence-electron chi connectivity index (χ0n) is 10.8. The van der Waals surface area contributed by atoms with Crippen molar-refractivity contribution in [2.24, 2.45) is 0 Å². The second-order valence-electron chi connectivity index (χ2n) is 4.78. The average molecular weight is 274 g/mol. The molecule has 1 aromatic carbocycles. The van der Waals surface area contributed by atoms with Gasteiger partial charge in [-0.2, -0.15) is 0 Å². The van der Waals surface area contributed by atoms with E-state index in [1.54, 1.807) is 0 Å². The predicted molar refractivity (Wildman–Crippen MR) is 71.3 cm³/mol. The zero-order valence-corrected chi connectivity index (χ0v) is 10.8. The number of benzene rings is 1. The van der Waals surface area contributed by atoms with Crippen LogP contribution < -0.4 is 5.32 Å². The Bertz CT molecular complexity index is 692. The molecule has 3 N–H and O–H groups in total. The van der Waals surface area contributed by atoms with Crippen LogP contribution in [0.5, 0.6) is 0 Å². The average Bonchev–Trinajstić information content (AvgIpc) is 2.83. The van der Waals surface area contributed by atoms with Gasteiger partial charge >= 0.3 is 11.9 Å². The SMILES string of the molecule is COC(=O)[C@@H]1Cc2c([nH]c3ccccc23)C(C(=O)O)N1. The Labute approximate surface area is 114 Å². The largest absolute Gasteiger partial charge is 0.480 e. The Morgan fingerprint density at radius 3 is 2.80 bits per heavy atom. The second-order valence-corrected chi connectivity index (χ2v) is 4.78. The first-order valence-corrected chi connectivity index (χ1v) is 6.28. The van der Waals surface area contributed by atoms with Crippen LogP contribution in [0.15, 0.2) is 24.3 Å². The van der Waals surface area contributed by atoms with Gasteiger partial charge in [-0.25, -0.2) is 0 Å². The number of aromatic amines is 1. The summed E-state index contributed by atoms with van der Waals surface area (Å²) in [5.41, 5.74) is 2.34. The molecule has 6 heteroatoms. The highest BCUT2D eigenvalue weighted by Crippen LogP contribution is 2.32. The standard InChI is InChI=1S/C14H14N2O4/c1-20-14(19)10-6-8-7-4-2-3-5-9(7)15-11(8)12(16-10)13(17)18/h2-5,10,12,15-16H,6H2,1H3,(H,17,18)/t10-,12?/m0/s1. The molecule has 0 spiro atoms. The van der Waals surface area contributed by atoms with Crippen molar-refractivity contribution in [3.05, 3.63) is 35.5 Å². The Balaban J connectivity index is 2.14. The number of rotatable bonds is 2. The van der Waals surface area contributed by atoms with Crippen LogP contribution in [0.4, 0.5) is 0 Å². The summed E-state index contributed by atoms with van der Waals surface area (Å²) in [4.78, 5) is 26.3. The molecule has 104 valence electrons. The molecule has 0 aliphatic carbocycles. The van der Waals surface area contributed by atoms with Crippen molar-refractivity contribution in [3.63, 3.8) is 0 Å². The van der Waals surface area contributed by atoms with Crippen LogP contribution in [0, 0.1) is 0 Å². The summed E-state index contributed by atoms with van der Waals surface area (Å²) in [5.74, 6) is -1.47. The first kappa shape index (κ1) is 12.7. The number of esters is 1. The molecule has 1 unspecified atom stereocenters. The van der Waals surface area contributed by atoms with E-state index in [1.807, 2.05) is 24.3 Å². The van der Waals surface area contributed by atoms with E-state index in [-0.39, 0.29) is 0 Å². The molecule has 0 radical (unpaired) electrons. The molecule has 0 amide bonds. The second kappa shape index (κ2) is 4.64. The number of aromatic nitrogens is 1. The lowest BCUT2D eigenvalue weighted by molar-refractivity contribution is -0.145. The van der Waals surface area contributed by atoms with Gasteiger partial charge in [-0.15, -0.1) is 0 Å². The summed E-state index contributed by atoms with van der Waals surface area (Å²) in [7, 11) is 1.30. The number of nitrogens with one attached hydrogen (secondary N) is 2. The fourth-order valence-corrected chi connectivity index (χ4v) is 2.72. The Morgan fingerprint density at radius 2 is 2.10 bits per heavy atom. The summed E-state index contributed by atoms with van der Waals surface area (Å²) in [5, 5.41) is 13.1. The van der Waals surface area contributed by atoms with Crippen LogP contribution in [0.1, 0.15) is 17.3 Å². The van der Waals surface area contributed by atoms with Gasteiger partial charge in [-0.05, 0) is 11.6 Å². The van der Waals surface area contributed by atoms with Crippen molar-refractivity contribution in [3.8, 4) is 0 Å². The third-order valence-electron chi connectivity index (χ3n) is 3.64. The monoisotopic (exact) mass is 274 g/mol. The first-order valence-electron chi connectivity index (χ1n) is 6.28. The minimum absolute atomic E-state index is 0.413. The van der Waals surface area contributed by atoms with E-state index in [9.17, 15) is 14.7 Å². The van der Waals surface area contributed by atoms with Gasteiger partial charge in [0.05, 0.1) is 7.11 Å². The number of carboxylic acid groups (broad SMARTS) is 1. The van der Waals surface area contributed by atoms with Crippen molar-refractivity contribution in [2.45, 2.75) is 18.5 Å². The van der Waals surface area contributed by atoms with Crippen molar-refractivity contribution in [1.29, 1.82) is 0 Å². The van der Waals surface area contributed by atoms with E-state index in [0.717, 1.165) is 16.5 Å². The van der Waals surface area contributed by atoms with Crippen LogP contribution in [-0.2, 0) is 20.7 Å². The normalized spacial score (nSPS) is 21.4. The fourth-order valence-electron chi connectivity index (χ4n) is 2.72. The van der Waals surface area contributed by atoms with Gasteiger partial charge in [0.1, 0.15) is 12.1 Å². The highest BCUT2D eigenvalue weighted by molar-refractivity contribution is 5.90. The molecule has 0 saturated heterocycles. The zero-order chi connectivity index (χ0) is 14.3. The quantitative estimate of drug-likeness (QED) is 0.710. The lowest BCUT2D eigenvalue weighted by Crippen LogP contribution is -2.47. The lowest BCUT2D eigenvalue weighted by atomic mass is 9.94. The van der Waals surface area contributed by atoms with Crippen molar-refractivity contribution in [1.82, 2.24) is 10.3 Å². The van der Waals surface area contributed by atoms with E-state index >= 15 is 0 Å². The fraction of sp³-hybridized carbons (Fsp3) is 0.286. The van der Waals surface area contributed by atoms with Gasteiger partial charge in [0.2, 0.25) is 0 Å². The summed E-state index contributed by atoms with van der Waals surface area (Å²) in [6.07, 6.45) is 0.413. The molecule has 0 bridgehead atoms. The molecule has 6 nitrogen and oxygen atoms in total. The van der Waals surface area contributed by atoms with Crippen LogP contribution >= 0.6 is 0 Å². The molecular formula is C14H14N2O4. The van der Waals surface area contributed by atoms with Crippen LogP contribution in [-0.4, -0.2) is 35.2 Å². The van der Waals surface area contributed by atoms with Gasteiger partial charge in [0.25, 0.3) is 0 Å². The van der Waals surface area contributed by atoms with E-state index in [1.165, 1.54) is 7.11 Å². The number of methoxy groups -OCH3 is 1. The number of fused-ring (bicyclic) bond motifs is 3. The van der Waals surface area contributed by atoms with Crippen LogP contribution in [0.3, 0.4) is 0 Å². The number of hydrogen-bond acceptors (Lipinski definition) is 4. The Kier molecular flexibility index (Phi) is 2.94. The van der Waals surface area contributed by atoms with Crippen molar-refractivity contribution in [2.75, 3.05) is 7.11 Å². The molecule has 2 heterocycles. The van der Waals surface area contributed by atoms with Gasteiger partial charge in [-0.3, -0.25) is 14.9 Å². The van der Waals surface area contributed by atoms with E-state index in [4.69, 9.17) is 4.74 Å². The number of carboxylic acids is 1. The first-order chi connectivity index (χ1) is 9.61. The molecule has 0 fully saturated rings. The molecule has 1 aromatic heterocycles. The van der Waals surface area contributed by atoms with Crippen LogP contribution in [0.25, 0.3) is 10.9 Å². The predicted octanol–water partition coefficient (Wildman–Crippen LogP) is 0.981. The van der Waals surface area contributed by atoms with Gasteiger partial charge in [0.15, 0.2) is 0 Å². The minimum Gasteiger partial charge on any atom is -0.480 e. The molecule has 0 saturated carbocycles. The maximum atomic E-state index is 11.7. The molecule has 1 aliphatic rings. The Hall–Kier alpha value is -2.34. The molecular weight excluding hydrogens is 260 g/mol. The smallest absolute Gasteiger partial charge is 0.326 e. The number of ether oxygens (including phenoxy) is 1. The van der Waals surface area contributed by atoms with E-state index in [0.29, 0.717) is 12.1 Å². The number of H-pyrrole nitrogens is 1. The Morgan fingerprint density at radius 1 is 1.35 bits per heavy atom. The maximum Gasteiger partial charge on any atom is 0.326 e. The third-order valence-corrected chi connectivity index (χ3v) is 3.64. The highest BCUT2D eigenvalue weighted by Gasteiger charge is 2.37. The maximum absolute atomic E-state index is 11.7. The summed E-state index contributed by atoms with van der Waals surface area (Å²) < 4.78 is 4.72. The van der Waals surface area contributed by atoms with Gasteiger partial charge in [-0.1, -0.05) is 18.2 Å².